The molecular weight excluding hydrogens is 247 g/mol. The van der Waals surface area contributed by atoms with Crippen molar-refractivity contribution >= 4 is 17.4 Å². The molecule has 0 aliphatic heterocycles. The molecule has 0 aliphatic rings. The lowest BCUT2D eigenvalue weighted by molar-refractivity contribution is -0.136. The second-order valence-electron chi connectivity index (χ2n) is 3.81. The fourth-order valence-electron chi connectivity index (χ4n) is 1.41. The van der Waals surface area contributed by atoms with Crippen LogP contribution in [0.3, 0.4) is 0 Å². The average Bonchev–Trinajstić information content (AvgIpc) is 2.28. The lowest BCUT2D eigenvalue weighted by Gasteiger charge is -2.15. The molecule has 1 rings (SSSR count). The summed E-state index contributed by atoms with van der Waals surface area (Å²) in [5.74, 6) is 0. The standard InChI is InChI=1S/C12H16F3NS/c1-9(17-2)7-8-16-11-6-4-3-5-10(11)12(13,14)15/h3-6,9,16H,7-8H2,1-2H3. The first-order valence-corrected chi connectivity index (χ1v) is 6.67. The van der Waals surface area contributed by atoms with Crippen molar-refractivity contribution < 1.29 is 13.2 Å². The van der Waals surface area contributed by atoms with Crippen LogP contribution in [0.2, 0.25) is 0 Å². The van der Waals surface area contributed by atoms with E-state index in [1.165, 1.54) is 12.1 Å². The van der Waals surface area contributed by atoms with E-state index in [9.17, 15) is 13.2 Å². The number of para-hydroxylation sites is 1. The van der Waals surface area contributed by atoms with Gasteiger partial charge in [-0.25, -0.2) is 0 Å². The van der Waals surface area contributed by atoms with Crippen molar-refractivity contribution in [2.75, 3.05) is 18.1 Å². The highest BCUT2D eigenvalue weighted by atomic mass is 32.2. The maximum atomic E-state index is 12.7. The molecule has 1 unspecified atom stereocenters. The molecule has 0 fully saturated rings. The molecule has 0 radical (unpaired) electrons. The molecule has 0 spiro atoms. The third-order valence-corrected chi connectivity index (χ3v) is 3.54. The Kier molecular flexibility index (Phi) is 5.18. The van der Waals surface area contributed by atoms with E-state index in [-0.39, 0.29) is 5.69 Å². The maximum Gasteiger partial charge on any atom is 0.418 e. The zero-order valence-corrected chi connectivity index (χ0v) is 10.7. The fraction of sp³-hybridized carbons (Fsp3) is 0.500. The summed E-state index contributed by atoms with van der Waals surface area (Å²) in [6.07, 6.45) is -1.46. The second-order valence-corrected chi connectivity index (χ2v) is 5.08. The van der Waals surface area contributed by atoms with Gasteiger partial charge in [0, 0.05) is 17.5 Å². The molecule has 1 aromatic carbocycles. The highest BCUT2D eigenvalue weighted by molar-refractivity contribution is 7.99. The topological polar surface area (TPSA) is 12.0 Å². The summed E-state index contributed by atoms with van der Waals surface area (Å²) in [4.78, 5) is 0. The largest absolute Gasteiger partial charge is 0.418 e. The highest BCUT2D eigenvalue weighted by Gasteiger charge is 2.32. The SMILES string of the molecule is CSC(C)CCNc1ccccc1C(F)(F)F. The van der Waals surface area contributed by atoms with Crippen LogP contribution in [0.5, 0.6) is 0 Å². The van der Waals surface area contributed by atoms with Crippen molar-refractivity contribution in [3.05, 3.63) is 29.8 Å². The summed E-state index contributed by atoms with van der Waals surface area (Å²) in [5, 5.41) is 3.30. The van der Waals surface area contributed by atoms with Crippen molar-refractivity contribution in [2.45, 2.75) is 24.8 Å². The number of anilines is 1. The maximum absolute atomic E-state index is 12.7. The normalized spacial score (nSPS) is 13.5. The van der Waals surface area contributed by atoms with Gasteiger partial charge in [0.15, 0.2) is 0 Å². The number of alkyl halides is 3. The van der Waals surface area contributed by atoms with Crippen LogP contribution in [0.4, 0.5) is 18.9 Å². The van der Waals surface area contributed by atoms with Crippen molar-refractivity contribution in [3.63, 3.8) is 0 Å². The molecule has 1 nitrogen and oxygen atoms in total. The Balaban J connectivity index is 2.65. The van der Waals surface area contributed by atoms with Gasteiger partial charge in [0.05, 0.1) is 5.56 Å². The third kappa shape index (κ3) is 4.50. The van der Waals surface area contributed by atoms with Crippen LogP contribution in [0.25, 0.3) is 0 Å². The van der Waals surface area contributed by atoms with E-state index in [0.717, 1.165) is 12.5 Å². The number of nitrogens with one attached hydrogen (secondary N) is 1. The summed E-state index contributed by atoms with van der Waals surface area (Å²) in [6, 6.07) is 5.57. The zero-order valence-electron chi connectivity index (χ0n) is 9.84. The lowest BCUT2D eigenvalue weighted by atomic mass is 10.1. The molecular formula is C12H16F3NS. The molecule has 96 valence electrons. The number of thioether (sulfide) groups is 1. The van der Waals surface area contributed by atoms with Crippen LogP contribution in [0.1, 0.15) is 18.9 Å². The van der Waals surface area contributed by atoms with E-state index in [4.69, 9.17) is 0 Å². The van der Waals surface area contributed by atoms with Crippen molar-refractivity contribution in [3.8, 4) is 0 Å². The van der Waals surface area contributed by atoms with Gasteiger partial charge in [-0.05, 0) is 24.8 Å². The van der Waals surface area contributed by atoms with Gasteiger partial charge < -0.3 is 5.32 Å². The molecule has 1 atom stereocenters. The summed E-state index contributed by atoms with van der Waals surface area (Å²) >= 11 is 1.71. The van der Waals surface area contributed by atoms with Gasteiger partial charge in [0.25, 0.3) is 0 Å². The predicted molar refractivity (Wildman–Crippen MR) is 67.5 cm³/mol. The zero-order chi connectivity index (χ0) is 12.9. The minimum Gasteiger partial charge on any atom is -0.385 e. The molecule has 0 saturated carbocycles. The van der Waals surface area contributed by atoms with Crippen molar-refractivity contribution in [1.29, 1.82) is 0 Å². The van der Waals surface area contributed by atoms with Gasteiger partial charge in [-0.15, -0.1) is 0 Å². The van der Waals surface area contributed by atoms with Crippen LogP contribution < -0.4 is 5.32 Å². The van der Waals surface area contributed by atoms with Crippen LogP contribution in [0, 0.1) is 0 Å². The number of benzene rings is 1. The fourth-order valence-corrected chi connectivity index (χ4v) is 1.77. The van der Waals surface area contributed by atoms with Gasteiger partial charge >= 0.3 is 6.18 Å². The van der Waals surface area contributed by atoms with Crippen LogP contribution in [-0.4, -0.2) is 18.1 Å². The third-order valence-electron chi connectivity index (χ3n) is 2.50. The Bertz CT molecular complexity index is 352. The first kappa shape index (κ1) is 14.2. The van der Waals surface area contributed by atoms with Crippen molar-refractivity contribution in [1.82, 2.24) is 0 Å². The van der Waals surface area contributed by atoms with Gasteiger partial charge in [0.1, 0.15) is 0 Å². The molecule has 1 N–H and O–H groups in total. The highest BCUT2D eigenvalue weighted by Crippen LogP contribution is 2.34. The van der Waals surface area contributed by atoms with Crippen LogP contribution in [-0.2, 0) is 6.18 Å². The summed E-state index contributed by atoms with van der Waals surface area (Å²) < 4.78 is 38.0. The van der Waals surface area contributed by atoms with E-state index < -0.39 is 11.7 Å². The van der Waals surface area contributed by atoms with Gasteiger partial charge in [-0.2, -0.15) is 24.9 Å². The molecule has 1 aromatic rings. The first-order chi connectivity index (χ1) is 7.95. The summed E-state index contributed by atoms with van der Waals surface area (Å²) in [6.45, 7) is 2.61. The van der Waals surface area contributed by atoms with E-state index >= 15 is 0 Å². The number of halogens is 3. The Hall–Kier alpha value is -0.840. The Morgan fingerprint density at radius 2 is 1.94 bits per heavy atom. The van der Waals surface area contributed by atoms with Crippen molar-refractivity contribution in [2.24, 2.45) is 0 Å². The minimum absolute atomic E-state index is 0.160. The van der Waals surface area contributed by atoms with E-state index in [1.807, 2.05) is 6.26 Å². The Morgan fingerprint density at radius 1 is 1.29 bits per heavy atom. The lowest BCUT2D eigenvalue weighted by Crippen LogP contribution is -2.13. The molecule has 0 amide bonds. The summed E-state index contributed by atoms with van der Waals surface area (Å²) in [7, 11) is 0. The first-order valence-electron chi connectivity index (χ1n) is 5.38. The molecule has 17 heavy (non-hydrogen) atoms. The van der Waals surface area contributed by atoms with E-state index in [2.05, 4.69) is 12.2 Å². The Morgan fingerprint density at radius 3 is 2.53 bits per heavy atom. The minimum atomic E-state index is -4.30. The molecule has 0 heterocycles. The quantitative estimate of drug-likeness (QED) is 0.852. The number of rotatable bonds is 5. The molecule has 0 bridgehead atoms. The van der Waals surface area contributed by atoms with Gasteiger partial charge in [-0.3, -0.25) is 0 Å². The average molecular weight is 263 g/mol. The molecule has 0 aromatic heterocycles. The second kappa shape index (κ2) is 6.19. The Labute approximate surface area is 104 Å². The van der Waals surface area contributed by atoms with E-state index in [0.29, 0.717) is 11.8 Å². The monoisotopic (exact) mass is 263 g/mol. The van der Waals surface area contributed by atoms with Crippen LogP contribution in [0.15, 0.2) is 24.3 Å². The van der Waals surface area contributed by atoms with Crippen LogP contribution >= 0.6 is 11.8 Å². The van der Waals surface area contributed by atoms with Gasteiger partial charge in [-0.1, -0.05) is 19.1 Å². The van der Waals surface area contributed by atoms with E-state index in [1.54, 1.807) is 17.8 Å². The summed E-state index contributed by atoms with van der Waals surface area (Å²) in [5.41, 5.74) is -0.440. The smallest absolute Gasteiger partial charge is 0.385 e. The molecule has 0 aliphatic carbocycles. The van der Waals surface area contributed by atoms with Gasteiger partial charge in [0.2, 0.25) is 0 Å². The number of hydrogen-bond donors (Lipinski definition) is 1. The molecule has 5 heteroatoms. The molecule has 0 saturated heterocycles. The number of hydrogen-bond acceptors (Lipinski definition) is 2. The predicted octanol–water partition coefficient (Wildman–Crippen LogP) is 4.26.